The molecule has 9 heteroatoms. The molecule has 0 saturated carbocycles. The molecule has 0 radical (unpaired) electrons. The predicted octanol–water partition coefficient (Wildman–Crippen LogP) is 5.24. The molecule has 0 aliphatic carbocycles. The normalized spacial score (nSPS) is 12.4. The molecule has 2 N–H and O–H groups in total. The van der Waals surface area contributed by atoms with E-state index in [1.807, 2.05) is 13.2 Å². The third-order valence-electron chi connectivity index (χ3n) is 5.68. The highest BCUT2D eigenvalue weighted by molar-refractivity contribution is 7.98. The van der Waals surface area contributed by atoms with Crippen molar-refractivity contribution in [3.05, 3.63) is 59.7 Å². The summed E-state index contributed by atoms with van der Waals surface area (Å²) < 4.78 is 10.6. The van der Waals surface area contributed by atoms with Crippen molar-refractivity contribution in [3.8, 4) is 18.1 Å². The molecule has 8 nitrogen and oxygen atoms in total. The maximum absolute atomic E-state index is 14.1. The Labute approximate surface area is 236 Å². The Hall–Kier alpha value is -3.64. The summed E-state index contributed by atoms with van der Waals surface area (Å²) in [6.07, 6.45) is 7.97. The van der Waals surface area contributed by atoms with E-state index < -0.39 is 35.6 Å². The van der Waals surface area contributed by atoms with Gasteiger partial charge in [-0.3, -0.25) is 9.59 Å². The van der Waals surface area contributed by atoms with Crippen molar-refractivity contribution in [2.75, 3.05) is 31.0 Å². The first-order valence-electron chi connectivity index (χ1n) is 12.8. The topological polar surface area (TPSA) is 97.0 Å². The summed E-state index contributed by atoms with van der Waals surface area (Å²) in [5, 5.41) is 5.65. The second-order valence-corrected chi connectivity index (χ2v) is 10.8. The summed E-state index contributed by atoms with van der Waals surface area (Å²) >= 11 is 1.56. The molecule has 2 rings (SSSR count). The number of terminal acetylenes is 1. The van der Waals surface area contributed by atoms with Gasteiger partial charge >= 0.3 is 6.09 Å². The molecule has 210 valence electrons. The number of anilines is 1. The van der Waals surface area contributed by atoms with E-state index in [9.17, 15) is 14.4 Å². The number of benzene rings is 2. The van der Waals surface area contributed by atoms with Crippen molar-refractivity contribution in [3.63, 3.8) is 0 Å². The third-order valence-corrected chi connectivity index (χ3v) is 6.32. The van der Waals surface area contributed by atoms with E-state index >= 15 is 0 Å². The maximum Gasteiger partial charge on any atom is 0.408 e. The molecule has 0 heterocycles. The second kappa shape index (κ2) is 15.1. The Morgan fingerprint density at radius 2 is 1.77 bits per heavy atom. The van der Waals surface area contributed by atoms with Gasteiger partial charge in [0.2, 0.25) is 5.91 Å². The number of rotatable bonds is 12. The summed E-state index contributed by atoms with van der Waals surface area (Å²) in [4.78, 5) is 42.1. The number of carbonyl (C=O) groups excluding carboxylic acids is 3. The lowest BCUT2D eigenvalue weighted by molar-refractivity contribution is -0.140. The Morgan fingerprint density at radius 3 is 2.33 bits per heavy atom. The minimum atomic E-state index is -1.04. The zero-order valence-electron chi connectivity index (χ0n) is 23.6. The molecule has 0 fully saturated rings. The first-order chi connectivity index (χ1) is 18.5. The van der Waals surface area contributed by atoms with Crippen LogP contribution in [0.15, 0.2) is 48.5 Å². The van der Waals surface area contributed by atoms with Crippen LogP contribution in [0.2, 0.25) is 0 Å². The zero-order valence-corrected chi connectivity index (χ0v) is 24.4. The van der Waals surface area contributed by atoms with Crippen LogP contribution in [0.3, 0.4) is 0 Å². The Bertz CT molecular complexity index is 1150. The number of amides is 3. The second-order valence-electron chi connectivity index (χ2n) is 9.86. The molecule has 2 aromatic carbocycles. The average molecular weight is 554 g/mol. The van der Waals surface area contributed by atoms with E-state index in [2.05, 4.69) is 16.6 Å². The molecule has 0 bridgehead atoms. The number of alkyl carbamates (subject to hydrolysis) is 1. The van der Waals surface area contributed by atoms with Crippen LogP contribution in [-0.4, -0.2) is 60.1 Å². The van der Waals surface area contributed by atoms with Crippen LogP contribution in [0.4, 0.5) is 10.5 Å². The van der Waals surface area contributed by atoms with E-state index in [0.29, 0.717) is 41.2 Å². The Morgan fingerprint density at radius 1 is 1.10 bits per heavy atom. The van der Waals surface area contributed by atoms with Gasteiger partial charge in [-0.25, -0.2) is 4.79 Å². The monoisotopic (exact) mass is 553 g/mol. The highest BCUT2D eigenvalue weighted by Crippen LogP contribution is 2.28. The first-order valence-corrected chi connectivity index (χ1v) is 14.2. The van der Waals surface area contributed by atoms with Gasteiger partial charge in [0.1, 0.15) is 23.4 Å². The van der Waals surface area contributed by atoms with Gasteiger partial charge in [0.15, 0.2) is 0 Å². The van der Waals surface area contributed by atoms with Crippen LogP contribution in [0.1, 0.15) is 57.7 Å². The van der Waals surface area contributed by atoms with E-state index in [1.54, 1.807) is 88.2 Å². The predicted molar refractivity (Wildman–Crippen MR) is 157 cm³/mol. The molecular weight excluding hydrogens is 514 g/mol. The van der Waals surface area contributed by atoms with E-state index in [-0.39, 0.29) is 6.54 Å². The highest BCUT2D eigenvalue weighted by atomic mass is 32.2. The van der Waals surface area contributed by atoms with Gasteiger partial charge in [0, 0.05) is 17.8 Å². The van der Waals surface area contributed by atoms with Crippen molar-refractivity contribution >= 4 is 35.4 Å². The minimum absolute atomic E-state index is 0.268. The number of methoxy groups -OCH3 is 1. The lowest BCUT2D eigenvalue weighted by atomic mass is 9.97. The number of ether oxygens (including phenoxy) is 2. The first kappa shape index (κ1) is 31.6. The molecule has 0 aromatic heterocycles. The van der Waals surface area contributed by atoms with Crippen molar-refractivity contribution in [1.82, 2.24) is 10.2 Å². The smallest absolute Gasteiger partial charge is 0.408 e. The fourth-order valence-corrected chi connectivity index (χ4v) is 4.42. The van der Waals surface area contributed by atoms with Gasteiger partial charge in [0.25, 0.3) is 5.91 Å². The summed E-state index contributed by atoms with van der Waals surface area (Å²) in [6.45, 7) is 7.45. The molecule has 2 atom stereocenters. The molecule has 2 aromatic rings. The summed E-state index contributed by atoms with van der Waals surface area (Å²) in [7, 11) is 1.56. The van der Waals surface area contributed by atoms with Gasteiger partial charge in [-0.1, -0.05) is 31.0 Å². The SMILES string of the molecule is C#Cc1ccccc1C(C(=O)Nc1ccc(OC)cc1)N(CCC)C(=O)C(CCSC)NC(=O)OC(C)(C)C. The molecular formula is C30H39N3O5S. The van der Waals surface area contributed by atoms with Crippen LogP contribution in [0.5, 0.6) is 5.75 Å². The lowest BCUT2D eigenvalue weighted by Crippen LogP contribution is -2.52. The van der Waals surface area contributed by atoms with Crippen LogP contribution >= 0.6 is 11.8 Å². The number of thioether (sulfide) groups is 1. The number of hydrogen-bond donors (Lipinski definition) is 2. The molecule has 0 aliphatic heterocycles. The lowest BCUT2D eigenvalue weighted by Gasteiger charge is -2.34. The molecule has 0 aliphatic rings. The van der Waals surface area contributed by atoms with Crippen molar-refractivity contribution in [2.24, 2.45) is 0 Å². The van der Waals surface area contributed by atoms with Crippen LogP contribution in [-0.2, 0) is 14.3 Å². The van der Waals surface area contributed by atoms with Crippen molar-refractivity contribution in [1.29, 1.82) is 0 Å². The number of nitrogens with one attached hydrogen (secondary N) is 2. The van der Waals surface area contributed by atoms with Crippen LogP contribution < -0.4 is 15.4 Å². The third kappa shape index (κ3) is 9.56. The fraction of sp³-hybridized carbons (Fsp3) is 0.433. The number of nitrogens with zero attached hydrogens (tertiary/aromatic N) is 1. The number of carbonyl (C=O) groups is 3. The highest BCUT2D eigenvalue weighted by Gasteiger charge is 2.36. The summed E-state index contributed by atoms with van der Waals surface area (Å²) in [5.74, 6) is 3.09. The van der Waals surface area contributed by atoms with E-state index in [1.165, 1.54) is 4.90 Å². The van der Waals surface area contributed by atoms with Gasteiger partial charge < -0.3 is 25.0 Å². The van der Waals surface area contributed by atoms with Crippen LogP contribution in [0.25, 0.3) is 0 Å². The molecule has 0 spiro atoms. The Kier molecular flexibility index (Phi) is 12.2. The van der Waals surface area contributed by atoms with Gasteiger partial charge in [0.05, 0.1) is 7.11 Å². The quantitative estimate of drug-likeness (QED) is 0.349. The maximum atomic E-state index is 14.1. The average Bonchev–Trinajstić information content (AvgIpc) is 2.90. The van der Waals surface area contributed by atoms with Crippen LogP contribution in [0, 0.1) is 12.3 Å². The van der Waals surface area contributed by atoms with Gasteiger partial charge in [-0.2, -0.15) is 11.8 Å². The van der Waals surface area contributed by atoms with Gasteiger partial charge in [-0.05, 0) is 81.5 Å². The minimum Gasteiger partial charge on any atom is -0.497 e. The van der Waals surface area contributed by atoms with E-state index in [4.69, 9.17) is 15.9 Å². The number of hydrogen-bond acceptors (Lipinski definition) is 6. The molecule has 2 unspecified atom stereocenters. The van der Waals surface area contributed by atoms with Crippen molar-refractivity contribution in [2.45, 2.75) is 58.2 Å². The zero-order chi connectivity index (χ0) is 29.0. The van der Waals surface area contributed by atoms with Crippen molar-refractivity contribution < 1.29 is 23.9 Å². The molecule has 39 heavy (non-hydrogen) atoms. The summed E-state index contributed by atoms with van der Waals surface area (Å²) in [5.41, 5.74) is 0.835. The largest absolute Gasteiger partial charge is 0.497 e. The molecule has 0 saturated heterocycles. The summed E-state index contributed by atoms with van der Waals surface area (Å²) in [6, 6.07) is 12.0. The fourth-order valence-electron chi connectivity index (χ4n) is 3.95. The molecule has 3 amide bonds. The standard InChI is InChI=1S/C30H39N3O5S/c1-8-19-33(28(35)25(18-20-39-7)32-29(36)38-30(3,4)5)26(24-13-11-10-12-21(24)9-2)27(34)31-22-14-16-23(37-6)17-15-22/h2,10-17,25-26H,8,18-20H2,1,3-7H3,(H,31,34)(H,32,36). The van der Waals surface area contributed by atoms with E-state index in [0.717, 1.165) is 0 Å². The Balaban J connectivity index is 2.52. The van der Waals surface area contributed by atoms with Gasteiger partial charge in [-0.15, -0.1) is 6.42 Å².